The van der Waals surface area contributed by atoms with Crippen LogP contribution < -0.4 is 4.72 Å². The zero-order chi connectivity index (χ0) is 14.1. The molecule has 1 aromatic rings. The number of sulfonamides is 1. The van der Waals surface area contributed by atoms with Crippen molar-refractivity contribution in [1.82, 2.24) is 9.62 Å². The van der Waals surface area contributed by atoms with Gasteiger partial charge in [0.15, 0.2) is 0 Å². The van der Waals surface area contributed by atoms with Crippen molar-refractivity contribution in [3.63, 3.8) is 0 Å². The number of hydrogen-bond donors (Lipinski definition) is 3. The van der Waals surface area contributed by atoms with Crippen molar-refractivity contribution in [2.75, 3.05) is 25.9 Å². The summed E-state index contributed by atoms with van der Waals surface area (Å²) in [6.07, 6.45) is 0.0706. The van der Waals surface area contributed by atoms with Crippen LogP contribution in [-0.2, 0) is 16.6 Å². The van der Waals surface area contributed by atoms with Crippen LogP contribution in [-0.4, -0.2) is 61.1 Å². The van der Waals surface area contributed by atoms with E-state index in [4.69, 9.17) is 0 Å². The van der Waals surface area contributed by atoms with Crippen molar-refractivity contribution in [3.8, 4) is 0 Å². The van der Waals surface area contributed by atoms with Crippen molar-refractivity contribution in [1.29, 1.82) is 0 Å². The molecule has 108 valence electrons. The highest BCUT2D eigenvalue weighted by Gasteiger charge is 2.44. The van der Waals surface area contributed by atoms with Gasteiger partial charge in [0, 0.05) is 26.2 Å². The summed E-state index contributed by atoms with van der Waals surface area (Å²) in [6.45, 7) is 1.04. The van der Waals surface area contributed by atoms with Gasteiger partial charge < -0.3 is 10.2 Å². The Morgan fingerprint density at radius 3 is 2.95 bits per heavy atom. The highest BCUT2D eigenvalue weighted by molar-refractivity contribution is 7.88. The lowest BCUT2D eigenvalue weighted by Gasteiger charge is -2.25. The van der Waals surface area contributed by atoms with Crippen LogP contribution in [0.5, 0.6) is 0 Å². The molecule has 19 heavy (non-hydrogen) atoms. The molecule has 6 nitrogen and oxygen atoms in total. The minimum Gasteiger partial charge on any atom is -0.389 e. The first-order valence-corrected chi connectivity index (χ1v) is 8.70. The first kappa shape index (κ1) is 14.9. The predicted molar refractivity (Wildman–Crippen MR) is 73.4 cm³/mol. The lowest BCUT2D eigenvalue weighted by atomic mass is 10.0. The topological polar surface area (TPSA) is 89.9 Å². The molecule has 1 saturated heterocycles. The van der Waals surface area contributed by atoms with Gasteiger partial charge in [0.1, 0.15) is 5.60 Å². The van der Waals surface area contributed by atoms with E-state index in [-0.39, 0.29) is 13.1 Å². The standard InChI is InChI=1S/C11H18N2O4S2/c1-19(16,17)12-7-11(15)8-13(5-10(11)14)4-9-2-3-18-6-9/h2-3,6,10,12,14-15H,4-5,7-8H2,1H3/t10-,11+/m1/s1. The molecule has 1 aliphatic rings. The molecule has 0 aromatic carbocycles. The van der Waals surface area contributed by atoms with Crippen molar-refractivity contribution >= 4 is 21.4 Å². The number of nitrogens with zero attached hydrogens (tertiary/aromatic N) is 1. The first-order chi connectivity index (χ1) is 8.78. The summed E-state index contributed by atoms with van der Waals surface area (Å²) in [6, 6.07) is 1.99. The summed E-state index contributed by atoms with van der Waals surface area (Å²) in [5.74, 6) is 0. The maximum atomic E-state index is 11.1. The van der Waals surface area contributed by atoms with Crippen LogP contribution >= 0.6 is 11.3 Å². The van der Waals surface area contributed by atoms with E-state index in [0.717, 1.165) is 11.8 Å². The summed E-state index contributed by atoms with van der Waals surface area (Å²) in [7, 11) is -3.38. The summed E-state index contributed by atoms with van der Waals surface area (Å²) >= 11 is 1.59. The van der Waals surface area contributed by atoms with Crippen LogP contribution in [0, 0.1) is 0 Å². The van der Waals surface area contributed by atoms with Crippen molar-refractivity contribution < 1.29 is 18.6 Å². The Bertz CT molecular complexity index is 517. The second kappa shape index (κ2) is 5.47. The largest absolute Gasteiger partial charge is 0.389 e. The van der Waals surface area contributed by atoms with Crippen LogP contribution in [0.15, 0.2) is 16.8 Å². The maximum Gasteiger partial charge on any atom is 0.208 e. The zero-order valence-electron chi connectivity index (χ0n) is 10.6. The van der Waals surface area contributed by atoms with E-state index >= 15 is 0 Å². The normalized spacial score (nSPS) is 28.9. The van der Waals surface area contributed by atoms with Gasteiger partial charge in [0.05, 0.1) is 12.4 Å². The van der Waals surface area contributed by atoms with Crippen LogP contribution in [0.4, 0.5) is 0 Å². The molecule has 0 aliphatic carbocycles. The van der Waals surface area contributed by atoms with Crippen LogP contribution in [0.25, 0.3) is 0 Å². The molecular formula is C11H18N2O4S2. The van der Waals surface area contributed by atoms with Gasteiger partial charge in [-0.1, -0.05) is 0 Å². The highest BCUT2D eigenvalue weighted by Crippen LogP contribution is 2.23. The number of likely N-dealkylation sites (tertiary alicyclic amines) is 1. The van der Waals surface area contributed by atoms with Gasteiger partial charge in [0.25, 0.3) is 0 Å². The second-order valence-electron chi connectivity index (χ2n) is 5.01. The SMILES string of the molecule is CS(=O)(=O)NC[C@]1(O)CN(Cc2ccsc2)C[C@H]1O. The van der Waals surface area contributed by atoms with Crippen molar-refractivity contribution in [2.45, 2.75) is 18.2 Å². The number of thiophene rings is 1. The van der Waals surface area contributed by atoms with Crippen LogP contribution in [0.3, 0.4) is 0 Å². The Morgan fingerprint density at radius 2 is 2.37 bits per heavy atom. The van der Waals surface area contributed by atoms with Crippen molar-refractivity contribution in [3.05, 3.63) is 22.4 Å². The van der Waals surface area contributed by atoms with E-state index < -0.39 is 21.7 Å². The molecule has 2 rings (SSSR count). The molecule has 0 bridgehead atoms. The molecule has 0 amide bonds. The summed E-state index contributed by atoms with van der Waals surface area (Å²) in [5, 5.41) is 24.2. The molecule has 1 aromatic heterocycles. The molecule has 0 saturated carbocycles. The third kappa shape index (κ3) is 3.98. The lowest BCUT2D eigenvalue weighted by molar-refractivity contribution is -0.0354. The van der Waals surface area contributed by atoms with Gasteiger partial charge in [-0.2, -0.15) is 11.3 Å². The Hall–Kier alpha value is -0.510. The van der Waals surface area contributed by atoms with Crippen LogP contribution in [0.2, 0.25) is 0 Å². The van der Waals surface area contributed by atoms with Gasteiger partial charge in [0.2, 0.25) is 10.0 Å². The number of β-amino-alcohol motifs (C(OH)–C–C–N with tert-alkyl or cyclic N) is 2. The van der Waals surface area contributed by atoms with E-state index in [1.807, 2.05) is 21.7 Å². The highest BCUT2D eigenvalue weighted by atomic mass is 32.2. The fraction of sp³-hybridized carbons (Fsp3) is 0.636. The molecule has 1 fully saturated rings. The van der Waals surface area contributed by atoms with E-state index in [2.05, 4.69) is 4.72 Å². The summed E-state index contributed by atoms with van der Waals surface area (Å²) in [4.78, 5) is 1.91. The zero-order valence-corrected chi connectivity index (χ0v) is 12.2. The molecular weight excluding hydrogens is 288 g/mol. The molecule has 2 heterocycles. The van der Waals surface area contributed by atoms with Crippen LogP contribution in [0.1, 0.15) is 5.56 Å². The Kier molecular flexibility index (Phi) is 4.29. The fourth-order valence-corrected chi connectivity index (χ4v) is 3.33. The second-order valence-corrected chi connectivity index (χ2v) is 7.63. The monoisotopic (exact) mass is 306 g/mol. The minimum absolute atomic E-state index is 0.173. The van der Waals surface area contributed by atoms with Gasteiger partial charge >= 0.3 is 0 Å². The van der Waals surface area contributed by atoms with Gasteiger partial charge in [-0.05, 0) is 22.4 Å². The van der Waals surface area contributed by atoms with E-state index in [1.165, 1.54) is 0 Å². The number of nitrogens with one attached hydrogen (secondary N) is 1. The maximum absolute atomic E-state index is 11.1. The predicted octanol–water partition coefficient (Wildman–Crippen LogP) is -0.795. The summed E-state index contributed by atoms with van der Waals surface area (Å²) in [5.41, 5.74) is -0.309. The quantitative estimate of drug-likeness (QED) is 0.663. The van der Waals surface area contributed by atoms with E-state index in [1.54, 1.807) is 11.3 Å². The number of aliphatic hydroxyl groups is 2. The van der Waals surface area contributed by atoms with E-state index in [9.17, 15) is 18.6 Å². The summed E-state index contributed by atoms with van der Waals surface area (Å²) < 4.78 is 24.4. The third-order valence-electron chi connectivity index (χ3n) is 3.18. The molecule has 0 spiro atoms. The number of aliphatic hydroxyl groups excluding tert-OH is 1. The first-order valence-electron chi connectivity index (χ1n) is 5.87. The average Bonchev–Trinajstić information content (AvgIpc) is 2.86. The number of hydrogen-bond acceptors (Lipinski definition) is 6. The smallest absolute Gasteiger partial charge is 0.208 e. The molecule has 2 atom stereocenters. The fourth-order valence-electron chi connectivity index (χ4n) is 2.16. The molecule has 0 radical (unpaired) electrons. The molecule has 0 unspecified atom stereocenters. The average molecular weight is 306 g/mol. The lowest BCUT2D eigenvalue weighted by Crippen LogP contribution is -2.51. The Morgan fingerprint density at radius 1 is 1.63 bits per heavy atom. The van der Waals surface area contributed by atoms with Crippen molar-refractivity contribution in [2.24, 2.45) is 0 Å². The Labute approximate surface area is 116 Å². The molecule has 3 N–H and O–H groups in total. The van der Waals surface area contributed by atoms with Gasteiger partial charge in [-0.15, -0.1) is 0 Å². The minimum atomic E-state index is -3.38. The molecule has 1 aliphatic heterocycles. The van der Waals surface area contributed by atoms with Gasteiger partial charge in [-0.25, -0.2) is 13.1 Å². The van der Waals surface area contributed by atoms with E-state index in [0.29, 0.717) is 13.1 Å². The number of rotatable bonds is 5. The third-order valence-corrected chi connectivity index (χ3v) is 4.58. The molecule has 8 heteroatoms. The van der Waals surface area contributed by atoms with Gasteiger partial charge in [-0.3, -0.25) is 4.90 Å². The Balaban J connectivity index is 1.96.